The van der Waals surface area contributed by atoms with Crippen LogP contribution in [0, 0.1) is 0 Å². The number of rotatable bonds is 12. The highest BCUT2D eigenvalue weighted by molar-refractivity contribution is 7.10. The second-order valence-corrected chi connectivity index (χ2v) is 11.0. The van der Waals surface area contributed by atoms with Gasteiger partial charge < -0.3 is 19.1 Å². The van der Waals surface area contributed by atoms with Gasteiger partial charge in [-0.3, -0.25) is 14.2 Å². The standard InChI is InChI=1S/C34H35N3O5S/c1-5-42-26-15-13-25(14-16-26)37-33(35-29-11-7-6-10-28(29)34(37)39)23(2)36(32(38)22-27-9-8-20-43-27)19-18-24-12-17-30(40-3)31(21-24)41-4/h6-17,20-21,23H,5,18-19,22H2,1-4H3. The van der Waals surface area contributed by atoms with E-state index in [1.165, 1.54) is 0 Å². The third-order valence-electron chi connectivity index (χ3n) is 7.36. The molecule has 0 aliphatic rings. The number of aromatic nitrogens is 2. The molecule has 43 heavy (non-hydrogen) atoms. The van der Waals surface area contributed by atoms with Gasteiger partial charge in [-0.1, -0.05) is 24.3 Å². The van der Waals surface area contributed by atoms with Gasteiger partial charge in [0.1, 0.15) is 11.6 Å². The molecular weight excluding hydrogens is 562 g/mol. The van der Waals surface area contributed by atoms with Crippen molar-refractivity contribution in [1.82, 2.24) is 14.5 Å². The monoisotopic (exact) mass is 597 g/mol. The van der Waals surface area contributed by atoms with Crippen molar-refractivity contribution in [2.24, 2.45) is 0 Å². The Morgan fingerprint density at radius 3 is 2.44 bits per heavy atom. The van der Waals surface area contributed by atoms with Crippen molar-refractivity contribution < 1.29 is 19.0 Å². The van der Waals surface area contributed by atoms with Gasteiger partial charge in [0.15, 0.2) is 11.5 Å². The van der Waals surface area contributed by atoms with Crippen LogP contribution in [-0.2, 0) is 17.6 Å². The number of hydrogen-bond donors (Lipinski definition) is 0. The molecule has 222 valence electrons. The average Bonchev–Trinajstić information content (AvgIpc) is 3.54. The van der Waals surface area contributed by atoms with Crippen LogP contribution in [0.4, 0.5) is 0 Å². The molecule has 0 radical (unpaired) electrons. The molecule has 2 heterocycles. The van der Waals surface area contributed by atoms with E-state index in [4.69, 9.17) is 19.2 Å². The number of methoxy groups -OCH3 is 2. The molecule has 0 N–H and O–H groups in total. The molecule has 0 bridgehead atoms. The topological polar surface area (TPSA) is 82.9 Å². The van der Waals surface area contributed by atoms with Gasteiger partial charge in [-0.25, -0.2) is 4.98 Å². The minimum Gasteiger partial charge on any atom is -0.494 e. The van der Waals surface area contributed by atoms with Crippen molar-refractivity contribution in [3.8, 4) is 22.9 Å². The lowest BCUT2D eigenvalue weighted by Crippen LogP contribution is -2.39. The van der Waals surface area contributed by atoms with Crippen molar-refractivity contribution in [2.75, 3.05) is 27.4 Å². The summed E-state index contributed by atoms with van der Waals surface area (Å²) in [5.41, 5.74) is 2.04. The van der Waals surface area contributed by atoms with Crippen LogP contribution in [0.2, 0.25) is 0 Å². The fraction of sp³-hybridized carbons (Fsp3) is 0.265. The molecule has 1 unspecified atom stereocenters. The number of thiophene rings is 1. The second-order valence-electron chi connectivity index (χ2n) is 10.0. The fourth-order valence-electron chi connectivity index (χ4n) is 5.16. The average molecular weight is 598 g/mol. The molecule has 9 heteroatoms. The van der Waals surface area contributed by atoms with Gasteiger partial charge in [-0.2, -0.15) is 0 Å². The zero-order valence-electron chi connectivity index (χ0n) is 24.8. The van der Waals surface area contributed by atoms with Gasteiger partial charge in [-0.05, 0) is 85.8 Å². The smallest absolute Gasteiger partial charge is 0.266 e. The summed E-state index contributed by atoms with van der Waals surface area (Å²) in [6.07, 6.45) is 0.830. The summed E-state index contributed by atoms with van der Waals surface area (Å²) < 4.78 is 18.1. The predicted octanol–water partition coefficient (Wildman–Crippen LogP) is 6.24. The highest BCUT2D eigenvalue weighted by Gasteiger charge is 2.27. The summed E-state index contributed by atoms with van der Waals surface area (Å²) in [5, 5.41) is 2.48. The number of nitrogens with zero attached hydrogens (tertiary/aromatic N) is 3. The summed E-state index contributed by atoms with van der Waals surface area (Å²) in [6, 6.07) is 23.8. The van der Waals surface area contributed by atoms with Crippen molar-refractivity contribution in [2.45, 2.75) is 32.7 Å². The first kappa shape index (κ1) is 29.8. The Balaban J connectivity index is 1.57. The third-order valence-corrected chi connectivity index (χ3v) is 8.24. The Kier molecular flexibility index (Phi) is 9.41. The maximum atomic E-state index is 14.0. The lowest BCUT2D eigenvalue weighted by Gasteiger charge is -2.31. The first-order chi connectivity index (χ1) is 20.9. The van der Waals surface area contributed by atoms with Gasteiger partial charge in [0.25, 0.3) is 5.56 Å². The van der Waals surface area contributed by atoms with E-state index in [9.17, 15) is 9.59 Å². The molecule has 5 rings (SSSR count). The van der Waals surface area contributed by atoms with Crippen molar-refractivity contribution in [3.63, 3.8) is 0 Å². The first-order valence-electron chi connectivity index (χ1n) is 14.2. The molecular formula is C34H35N3O5S. The van der Waals surface area contributed by atoms with Gasteiger partial charge in [0.2, 0.25) is 5.91 Å². The SMILES string of the molecule is CCOc1ccc(-n2c(C(C)N(CCc3ccc(OC)c(OC)c3)C(=O)Cc3cccs3)nc3ccccc3c2=O)cc1. The van der Waals surface area contributed by atoms with Crippen molar-refractivity contribution in [1.29, 1.82) is 0 Å². The molecule has 1 amide bonds. The summed E-state index contributed by atoms with van der Waals surface area (Å²) in [5.74, 6) is 2.43. The molecule has 1 atom stereocenters. The summed E-state index contributed by atoms with van der Waals surface area (Å²) >= 11 is 1.55. The third kappa shape index (κ3) is 6.57. The maximum Gasteiger partial charge on any atom is 0.266 e. The Hall–Kier alpha value is -4.63. The molecule has 0 fully saturated rings. The van der Waals surface area contributed by atoms with Gasteiger partial charge in [0, 0.05) is 11.4 Å². The summed E-state index contributed by atoms with van der Waals surface area (Å²) in [7, 11) is 3.21. The zero-order valence-corrected chi connectivity index (χ0v) is 25.6. The largest absolute Gasteiger partial charge is 0.494 e. The zero-order chi connectivity index (χ0) is 30.3. The van der Waals surface area contributed by atoms with Crippen LogP contribution in [0.25, 0.3) is 16.6 Å². The van der Waals surface area contributed by atoms with E-state index < -0.39 is 6.04 Å². The minimum atomic E-state index is -0.517. The Labute approximate surface area is 255 Å². The second kappa shape index (κ2) is 13.6. The van der Waals surface area contributed by atoms with Gasteiger partial charge >= 0.3 is 0 Å². The summed E-state index contributed by atoms with van der Waals surface area (Å²) in [6.45, 7) is 4.81. The first-order valence-corrected chi connectivity index (χ1v) is 15.1. The van der Waals surface area contributed by atoms with E-state index in [2.05, 4.69) is 0 Å². The normalized spacial score (nSPS) is 11.7. The fourth-order valence-corrected chi connectivity index (χ4v) is 5.86. The molecule has 0 aliphatic carbocycles. The highest BCUT2D eigenvalue weighted by Crippen LogP contribution is 2.29. The Bertz CT molecular complexity index is 1750. The van der Waals surface area contributed by atoms with Crippen LogP contribution in [-0.4, -0.2) is 47.7 Å². The van der Waals surface area contributed by atoms with Crippen molar-refractivity contribution >= 4 is 28.1 Å². The van der Waals surface area contributed by atoms with E-state index in [1.54, 1.807) is 36.2 Å². The molecule has 5 aromatic rings. The van der Waals surface area contributed by atoms with E-state index in [0.717, 1.165) is 10.4 Å². The number of benzene rings is 3. The number of amides is 1. The van der Waals surface area contributed by atoms with E-state index >= 15 is 0 Å². The quantitative estimate of drug-likeness (QED) is 0.169. The number of fused-ring (bicyclic) bond motifs is 1. The molecule has 0 aliphatic heterocycles. The summed E-state index contributed by atoms with van der Waals surface area (Å²) in [4.78, 5) is 35.7. The maximum absolute atomic E-state index is 14.0. The van der Waals surface area contributed by atoms with Crippen LogP contribution in [0.1, 0.15) is 36.2 Å². The van der Waals surface area contributed by atoms with E-state index in [-0.39, 0.29) is 17.9 Å². The van der Waals surface area contributed by atoms with Gasteiger partial charge in [0.05, 0.1) is 49.9 Å². The lowest BCUT2D eigenvalue weighted by molar-refractivity contribution is -0.132. The number of para-hydroxylation sites is 1. The van der Waals surface area contributed by atoms with E-state index in [1.807, 2.05) is 96.9 Å². The van der Waals surface area contributed by atoms with Crippen LogP contribution in [0.15, 0.2) is 89.0 Å². The van der Waals surface area contributed by atoms with Crippen LogP contribution in [0.3, 0.4) is 0 Å². The number of carbonyl (C=O) groups excluding carboxylic acids is 1. The minimum absolute atomic E-state index is 0.0453. The molecule has 2 aromatic heterocycles. The number of ether oxygens (including phenoxy) is 3. The Morgan fingerprint density at radius 1 is 0.977 bits per heavy atom. The molecule has 8 nitrogen and oxygen atoms in total. The van der Waals surface area contributed by atoms with Crippen molar-refractivity contribution in [3.05, 3.63) is 111 Å². The predicted molar refractivity (Wildman–Crippen MR) is 170 cm³/mol. The van der Waals surface area contributed by atoms with Crippen LogP contribution in [0.5, 0.6) is 17.2 Å². The van der Waals surface area contributed by atoms with Gasteiger partial charge in [-0.15, -0.1) is 11.3 Å². The molecule has 3 aromatic carbocycles. The highest BCUT2D eigenvalue weighted by atomic mass is 32.1. The number of carbonyl (C=O) groups is 1. The van der Waals surface area contributed by atoms with Crippen LogP contribution < -0.4 is 19.8 Å². The van der Waals surface area contributed by atoms with E-state index in [0.29, 0.717) is 59.2 Å². The number of hydrogen-bond acceptors (Lipinski definition) is 7. The molecule has 0 saturated carbocycles. The molecule has 0 spiro atoms. The molecule has 0 saturated heterocycles. The lowest BCUT2D eigenvalue weighted by atomic mass is 10.1. The van der Waals surface area contributed by atoms with Crippen LogP contribution >= 0.6 is 11.3 Å². The Morgan fingerprint density at radius 2 is 1.74 bits per heavy atom.